The first-order valence-corrected chi connectivity index (χ1v) is 9.30. The van der Waals surface area contributed by atoms with Crippen LogP contribution in [0, 0.1) is 3.95 Å². The molecule has 2 aromatic carbocycles. The molecule has 0 unspecified atom stereocenters. The third-order valence-electron chi connectivity index (χ3n) is 3.92. The summed E-state index contributed by atoms with van der Waals surface area (Å²) in [5.41, 5.74) is 8.15. The Morgan fingerprint density at radius 3 is 2.54 bits per heavy atom. The van der Waals surface area contributed by atoms with Crippen molar-refractivity contribution in [3.63, 3.8) is 0 Å². The van der Waals surface area contributed by atoms with Gasteiger partial charge < -0.3 is 15.8 Å². The zero-order valence-corrected chi connectivity index (χ0v) is 15.9. The van der Waals surface area contributed by atoms with Crippen molar-refractivity contribution in [2.75, 3.05) is 19.4 Å². The summed E-state index contributed by atoms with van der Waals surface area (Å²) in [6.45, 7) is 0.514. The fourth-order valence-corrected chi connectivity index (χ4v) is 3.85. The van der Waals surface area contributed by atoms with Crippen molar-refractivity contribution >= 4 is 35.3 Å². The highest BCUT2D eigenvalue weighted by molar-refractivity contribution is 7.73. The number of anilines is 1. The fraction of sp³-hybridized carbons (Fsp3) is 0.158. The van der Waals surface area contributed by atoms with Crippen LogP contribution in [0.4, 0.5) is 5.82 Å². The maximum absolute atomic E-state index is 12.5. The molecule has 0 saturated carbocycles. The molecule has 5 nitrogen and oxygen atoms in total. The van der Waals surface area contributed by atoms with Crippen molar-refractivity contribution in [1.29, 1.82) is 0 Å². The molecule has 1 heterocycles. The predicted octanol–water partition coefficient (Wildman–Crippen LogP) is 3.83. The largest absolute Gasteiger partial charge is 0.497 e. The van der Waals surface area contributed by atoms with Crippen LogP contribution in [0.15, 0.2) is 54.6 Å². The van der Waals surface area contributed by atoms with Gasteiger partial charge >= 0.3 is 0 Å². The Labute approximate surface area is 161 Å². The monoisotopic (exact) mass is 385 g/mol. The quantitative estimate of drug-likeness (QED) is 0.633. The second-order valence-electron chi connectivity index (χ2n) is 5.61. The molecular weight excluding hydrogens is 366 g/mol. The van der Waals surface area contributed by atoms with Crippen LogP contribution in [0.3, 0.4) is 0 Å². The molecule has 26 heavy (non-hydrogen) atoms. The number of nitrogen functional groups attached to an aromatic ring is 1. The molecule has 7 heteroatoms. The summed E-state index contributed by atoms with van der Waals surface area (Å²) in [5, 5.41) is 2.91. The molecule has 1 aromatic heterocycles. The molecule has 3 rings (SSSR count). The summed E-state index contributed by atoms with van der Waals surface area (Å²) in [5.74, 6) is 0.975. The van der Waals surface area contributed by atoms with E-state index >= 15 is 0 Å². The Morgan fingerprint density at radius 1 is 1.19 bits per heavy atom. The standard InChI is InChI=1S/C19H19N3O2S2/c1-24-15-9-7-13(8-10-15)11-12-21-18(23)16-17(20)22(19(25)26-16)14-5-3-2-4-6-14/h2-10H,11-12,20H2,1H3,(H,21,23). The minimum absolute atomic E-state index is 0.207. The van der Waals surface area contributed by atoms with Crippen molar-refractivity contribution in [3.8, 4) is 11.4 Å². The van der Waals surface area contributed by atoms with Gasteiger partial charge in [0, 0.05) is 12.2 Å². The summed E-state index contributed by atoms with van der Waals surface area (Å²) in [6.07, 6.45) is 0.723. The molecule has 0 atom stereocenters. The van der Waals surface area contributed by atoms with Gasteiger partial charge in [-0.05, 0) is 48.5 Å². The van der Waals surface area contributed by atoms with E-state index in [0.717, 1.165) is 23.4 Å². The minimum atomic E-state index is -0.207. The minimum Gasteiger partial charge on any atom is -0.497 e. The second kappa shape index (κ2) is 8.16. The third kappa shape index (κ3) is 3.95. The fourth-order valence-electron chi connectivity index (χ4n) is 2.56. The van der Waals surface area contributed by atoms with E-state index in [0.29, 0.717) is 21.2 Å². The summed E-state index contributed by atoms with van der Waals surface area (Å²) in [6, 6.07) is 17.3. The van der Waals surface area contributed by atoms with Gasteiger partial charge in [-0.3, -0.25) is 9.36 Å². The van der Waals surface area contributed by atoms with Crippen LogP contribution in [0.25, 0.3) is 5.69 Å². The molecule has 0 spiro atoms. The molecule has 0 aliphatic heterocycles. The van der Waals surface area contributed by atoms with Gasteiger partial charge in [-0.15, -0.1) is 0 Å². The SMILES string of the molecule is COc1ccc(CCNC(=O)c2sc(=S)n(-c3ccccc3)c2N)cc1. The Morgan fingerprint density at radius 2 is 1.88 bits per heavy atom. The number of nitrogens with zero attached hydrogens (tertiary/aromatic N) is 1. The molecule has 0 aliphatic carbocycles. The lowest BCUT2D eigenvalue weighted by Crippen LogP contribution is -2.25. The summed E-state index contributed by atoms with van der Waals surface area (Å²) >= 11 is 6.60. The van der Waals surface area contributed by atoms with E-state index in [2.05, 4.69) is 5.32 Å². The number of carbonyl (C=O) groups is 1. The predicted molar refractivity (Wildman–Crippen MR) is 108 cm³/mol. The smallest absolute Gasteiger partial charge is 0.265 e. The maximum atomic E-state index is 12.5. The number of hydrogen-bond acceptors (Lipinski definition) is 5. The Kier molecular flexibility index (Phi) is 5.70. The Bertz CT molecular complexity index is 947. The van der Waals surface area contributed by atoms with Gasteiger partial charge in [0.2, 0.25) is 0 Å². The maximum Gasteiger partial charge on any atom is 0.265 e. The lowest BCUT2D eigenvalue weighted by atomic mass is 10.1. The molecule has 0 radical (unpaired) electrons. The second-order valence-corrected chi connectivity index (χ2v) is 7.25. The van der Waals surface area contributed by atoms with Crippen molar-refractivity contribution in [1.82, 2.24) is 9.88 Å². The molecule has 3 aromatic rings. The molecule has 0 saturated heterocycles. The summed E-state index contributed by atoms with van der Waals surface area (Å²) in [7, 11) is 1.63. The normalized spacial score (nSPS) is 10.5. The van der Waals surface area contributed by atoms with Gasteiger partial charge in [0.25, 0.3) is 5.91 Å². The van der Waals surface area contributed by atoms with E-state index in [1.165, 1.54) is 11.3 Å². The van der Waals surface area contributed by atoms with Gasteiger partial charge in [-0.25, -0.2) is 0 Å². The van der Waals surface area contributed by atoms with E-state index in [-0.39, 0.29) is 5.91 Å². The van der Waals surface area contributed by atoms with Crippen molar-refractivity contribution in [2.24, 2.45) is 0 Å². The van der Waals surface area contributed by atoms with Crippen LogP contribution >= 0.6 is 23.6 Å². The van der Waals surface area contributed by atoms with E-state index in [1.807, 2.05) is 54.6 Å². The average molecular weight is 386 g/mol. The van der Waals surface area contributed by atoms with Gasteiger partial charge in [-0.2, -0.15) is 0 Å². The first kappa shape index (κ1) is 18.2. The summed E-state index contributed by atoms with van der Waals surface area (Å²) < 4.78 is 7.41. The summed E-state index contributed by atoms with van der Waals surface area (Å²) in [4.78, 5) is 12.9. The first-order chi connectivity index (χ1) is 12.6. The number of nitrogens with one attached hydrogen (secondary N) is 1. The van der Waals surface area contributed by atoms with Crippen LogP contribution in [0.1, 0.15) is 15.2 Å². The molecule has 0 bridgehead atoms. The number of benzene rings is 2. The molecule has 1 amide bonds. The number of methoxy groups -OCH3 is 1. The highest BCUT2D eigenvalue weighted by atomic mass is 32.1. The molecule has 0 aliphatic rings. The highest BCUT2D eigenvalue weighted by Crippen LogP contribution is 2.26. The topological polar surface area (TPSA) is 69.3 Å². The number of rotatable bonds is 6. The number of amides is 1. The molecular formula is C19H19N3O2S2. The van der Waals surface area contributed by atoms with E-state index in [4.69, 9.17) is 22.7 Å². The molecule has 134 valence electrons. The van der Waals surface area contributed by atoms with Gasteiger partial charge in [0.1, 0.15) is 16.4 Å². The van der Waals surface area contributed by atoms with Gasteiger partial charge in [0.05, 0.1) is 7.11 Å². The number of carbonyl (C=O) groups excluding carboxylic acids is 1. The zero-order chi connectivity index (χ0) is 18.5. The number of aromatic nitrogens is 1. The number of hydrogen-bond donors (Lipinski definition) is 2. The van der Waals surface area contributed by atoms with Gasteiger partial charge in [0.15, 0.2) is 3.95 Å². The zero-order valence-electron chi connectivity index (χ0n) is 14.3. The van der Waals surface area contributed by atoms with Crippen LogP contribution in [0.5, 0.6) is 5.75 Å². The van der Waals surface area contributed by atoms with E-state index in [9.17, 15) is 4.79 Å². The van der Waals surface area contributed by atoms with Crippen molar-refractivity contribution in [3.05, 3.63) is 69.0 Å². The third-order valence-corrected chi connectivity index (χ3v) is 5.31. The highest BCUT2D eigenvalue weighted by Gasteiger charge is 2.17. The number of para-hydroxylation sites is 1. The Balaban J connectivity index is 1.67. The number of nitrogens with two attached hydrogens (primary N) is 1. The van der Waals surface area contributed by atoms with Crippen molar-refractivity contribution < 1.29 is 9.53 Å². The van der Waals surface area contributed by atoms with Gasteiger partial charge in [-0.1, -0.05) is 41.7 Å². The van der Waals surface area contributed by atoms with Crippen LogP contribution in [-0.2, 0) is 6.42 Å². The van der Waals surface area contributed by atoms with Crippen LogP contribution in [-0.4, -0.2) is 24.1 Å². The van der Waals surface area contributed by atoms with E-state index in [1.54, 1.807) is 11.7 Å². The first-order valence-electron chi connectivity index (χ1n) is 8.08. The van der Waals surface area contributed by atoms with Crippen LogP contribution in [0.2, 0.25) is 0 Å². The van der Waals surface area contributed by atoms with E-state index < -0.39 is 0 Å². The molecule has 3 N–H and O–H groups in total. The average Bonchev–Trinajstić information content (AvgIpc) is 2.97. The lowest BCUT2D eigenvalue weighted by molar-refractivity contribution is 0.0958. The number of thiazole rings is 1. The lowest BCUT2D eigenvalue weighted by Gasteiger charge is -2.07. The number of ether oxygens (including phenoxy) is 1. The van der Waals surface area contributed by atoms with Crippen molar-refractivity contribution in [2.45, 2.75) is 6.42 Å². The van der Waals surface area contributed by atoms with Crippen LogP contribution < -0.4 is 15.8 Å². The molecule has 0 fully saturated rings. The Hall–Kier alpha value is -2.64.